The van der Waals surface area contributed by atoms with Crippen molar-refractivity contribution in [3.05, 3.63) is 70.9 Å². The van der Waals surface area contributed by atoms with Crippen molar-refractivity contribution in [2.75, 3.05) is 24.6 Å². The summed E-state index contributed by atoms with van der Waals surface area (Å²) >= 11 is 0. The number of nitriles is 1. The van der Waals surface area contributed by atoms with E-state index in [1.54, 1.807) is 24.3 Å². The van der Waals surface area contributed by atoms with Gasteiger partial charge in [0.05, 0.1) is 29.8 Å². The number of aromatic carboxylic acids is 1. The second-order valence-corrected chi connectivity index (χ2v) is 11.2. The number of imidazole rings is 1. The molecular weight excluding hydrogens is 527 g/mol. The van der Waals surface area contributed by atoms with Crippen LogP contribution in [-0.2, 0) is 17.9 Å². The largest absolute Gasteiger partial charge is 0.477 e. The molecule has 2 N–H and O–H groups in total. The minimum atomic E-state index is -0.990. The summed E-state index contributed by atoms with van der Waals surface area (Å²) in [6.07, 6.45) is 4.20. The summed E-state index contributed by atoms with van der Waals surface area (Å²) in [4.78, 5) is 26.3. The Bertz CT molecular complexity index is 1680. The van der Waals surface area contributed by atoms with Crippen molar-refractivity contribution in [1.82, 2.24) is 19.5 Å². The summed E-state index contributed by atoms with van der Waals surface area (Å²) < 4.78 is 27.9. The third-order valence-electron chi connectivity index (χ3n) is 8.83. The number of carboxylic acid groups (broad SMARTS) is 1. The first kappa shape index (κ1) is 25.5. The monoisotopic (exact) mass is 556 g/mol. The Morgan fingerprint density at radius 1 is 1.24 bits per heavy atom. The summed E-state index contributed by atoms with van der Waals surface area (Å²) in [5.74, 6) is 1.14. The van der Waals surface area contributed by atoms with E-state index in [0.29, 0.717) is 29.6 Å². The molecule has 7 rings (SSSR count). The minimum Gasteiger partial charge on any atom is -0.477 e. The van der Waals surface area contributed by atoms with Gasteiger partial charge in [-0.1, -0.05) is 12.1 Å². The average Bonchev–Trinajstić information content (AvgIpc) is 3.30. The average molecular weight is 557 g/mol. The summed E-state index contributed by atoms with van der Waals surface area (Å²) in [5, 5.41) is 18.4. The van der Waals surface area contributed by atoms with Gasteiger partial charge in [-0.05, 0) is 55.4 Å². The highest BCUT2D eigenvalue weighted by Gasteiger charge is 2.57. The van der Waals surface area contributed by atoms with Gasteiger partial charge >= 0.3 is 5.97 Å². The lowest BCUT2D eigenvalue weighted by Crippen LogP contribution is -2.36. The van der Waals surface area contributed by atoms with Gasteiger partial charge in [0.15, 0.2) is 5.65 Å². The fourth-order valence-corrected chi connectivity index (χ4v) is 6.22. The normalized spacial score (nSPS) is 21.0. The molecule has 2 aliphatic heterocycles. The summed E-state index contributed by atoms with van der Waals surface area (Å²) in [7, 11) is 0. The number of aromatic amines is 1. The Labute approximate surface area is 235 Å². The molecule has 2 atom stereocenters. The fourth-order valence-electron chi connectivity index (χ4n) is 6.22. The van der Waals surface area contributed by atoms with E-state index in [4.69, 9.17) is 19.7 Å². The molecule has 41 heavy (non-hydrogen) atoms. The smallest absolute Gasteiger partial charge is 0.352 e. The number of piperidine rings is 1. The molecule has 2 saturated heterocycles. The van der Waals surface area contributed by atoms with Crippen LogP contribution in [0.4, 0.5) is 10.2 Å². The topological polar surface area (TPSA) is 129 Å². The number of benzene rings is 1. The van der Waals surface area contributed by atoms with Crippen LogP contribution < -0.4 is 9.64 Å². The molecule has 0 radical (unpaired) electrons. The molecule has 3 fully saturated rings. The van der Waals surface area contributed by atoms with E-state index in [2.05, 4.69) is 19.4 Å². The highest BCUT2D eigenvalue weighted by molar-refractivity contribution is 5.91. The predicted octanol–water partition coefficient (Wildman–Crippen LogP) is 4.61. The van der Waals surface area contributed by atoms with Gasteiger partial charge in [-0.3, -0.25) is 0 Å². The van der Waals surface area contributed by atoms with Crippen molar-refractivity contribution in [3.8, 4) is 11.9 Å². The van der Waals surface area contributed by atoms with Crippen LogP contribution in [0.25, 0.3) is 11.2 Å². The molecule has 5 heterocycles. The molecular formula is C30H29FN6O4. The van der Waals surface area contributed by atoms with Gasteiger partial charge in [-0.2, -0.15) is 10.2 Å². The maximum atomic E-state index is 14.2. The number of aromatic nitrogens is 4. The number of rotatable bonds is 8. The number of anilines is 1. The van der Waals surface area contributed by atoms with E-state index in [9.17, 15) is 14.3 Å². The van der Waals surface area contributed by atoms with E-state index in [-0.39, 0.29) is 29.4 Å². The molecule has 210 valence electrons. The van der Waals surface area contributed by atoms with Gasteiger partial charge in [0.1, 0.15) is 29.8 Å². The highest BCUT2D eigenvalue weighted by atomic mass is 19.1. The molecule has 1 unspecified atom stereocenters. The zero-order chi connectivity index (χ0) is 28.1. The number of hydrogen-bond acceptors (Lipinski definition) is 7. The Balaban J connectivity index is 1.02. The lowest BCUT2D eigenvalue weighted by Gasteiger charge is -2.34. The van der Waals surface area contributed by atoms with Gasteiger partial charge in [0.2, 0.25) is 5.88 Å². The van der Waals surface area contributed by atoms with E-state index >= 15 is 0 Å². The molecule has 1 aliphatic carbocycles. The predicted molar refractivity (Wildman–Crippen MR) is 146 cm³/mol. The molecule has 0 bridgehead atoms. The van der Waals surface area contributed by atoms with Crippen LogP contribution in [0.5, 0.6) is 5.88 Å². The van der Waals surface area contributed by atoms with Gasteiger partial charge in [0, 0.05) is 37.2 Å². The quantitative estimate of drug-likeness (QED) is 0.322. The summed E-state index contributed by atoms with van der Waals surface area (Å²) in [6, 6.07) is 13.6. The second kappa shape index (κ2) is 9.89. The van der Waals surface area contributed by atoms with Crippen LogP contribution in [0.2, 0.25) is 0 Å². The Morgan fingerprint density at radius 3 is 2.78 bits per heavy atom. The number of H-pyrrole nitrogens is 1. The maximum Gasteiger partial charge on any atom is 0.352 e. The zero-order valence-electron chi connectivity index (χ0n) is 22.3. The minimum absolute atomic E-state index is 0.0271. The third-order valence-corrected chi connectivity index (χ3v) is 8.83. The molecule has 1 spiro atoms. The second-order valence-electron chi connectivity index (χ2n) is 11.2. The molecule has 0 amide bonds. The van der Waals surface area contributed by atoms with Crippen molar-refractivity contribution >= 4 is 23.0 Å². The Kier molecular flexibility index (Phi) is 6.16. The van der Waals surface area contributed by atoms with Gasteiger partial charge in [0.25, 0.3) is 0 Å². The number of ether oxygens (including phenoxy) is 2. The lowest BCUT2D eigenvalue weighted by molar-refractivity contribution is -0.0590. The van der Waals surface area contributed by atoms with Crippen molar-refractivity contribution in [1.29, 1.82) is 5.26 Å². The molecule has 10 nitrogen and oxygen atoms in total. The van der Waals surface area contributed by atoms with E-state index in [0.717, 1.165) is 62.5 Å². The zero-order valence-corrected chi connectivity index (χ0v) is 22.3. The lowest BCUT2D eigenvalue weighted by atomic mass is 9.90. The molecule has 11 heteroatoms. The molecule has 4 aromatic rings. The fraction of sp³-hybridized carbons (Fsp3) is 0.400. The number of carboxylic acids is 1. The van der Waals surface area contributed by atoms with E-state index < -0.39 is 11.8 Å². The van der Waals surface area contributed by atoms with Crippen LogP contribution in [0, 0.1) is 22.6 Å². The van der Waals surface area contributed by atoms with Crippen LogP contribution in [-0.4, -0.2) is 56.4 Å². The van der Waals surface area contributed by atoms with E-state index in [1.165, 1.54) is 6.07 Å². The van der Waals surface area contributed by atoms with Crippen molar-refractivity contribution in [3.63, 3.8) is 0 Å². The van der Waals surface area contributed by atoms with Crippen LogP contribution in [0.1, 0.15) is 59.0 Å². The van der Waals surface area contributed by atoms with Gasteiger partial charge < -0.3 is 29.0 Å². The molecule has 3 aromatic heterocycles. The number of halogens is 1. The number of hydrogen-bond donors (Lipinski definition) is 2. The van der Waals surface area contributed by atoms with Crippen molar-refractivity contribution in [2.45, 2.75) is 50.9 Å². The number of nitrogens with zero attached hydrogens (tertiary/aromatic N) is 5. The molecule has 3 aliphatic rings. The van der Waals surface area contributed by atoms with Crippen LogP contribution in [0.15, 0.2) is 42.5 Å². The molecule has 1 aromatic carbocycles. The van der Waals surface area contributed by atoms with Gasteiger partial charge in [-0.15, -0.1) is 0 Å². The van der Waals surface area contributed by atoms with Crippen molar-refractivity contribution < 1.29 is 23.8 Å². The Morgan fingerprint density at radius 2 is 2.07 bits per heavy atom. The van der Waals surface area contributed by atoms with Gasteiger partial charge in [-0.25, -0.2) is 14.2 Å². The number of carbonyl (C=O) groups is 1. The van der Waals surface area contributed by atoms with Crippen LogP contribution in [0.3, 0.4) is 0 Å². The number of nitrogens with one attached hydrogen (secondary N) is 1. The third kappa shape index (κ3) is 4.68. The summed E-state index contributed by atoms with van der Waals surface area (Å²) in [5.41, 5.74) is 2.42. The SMILES string of the molecule is N#Cc1ccc(COc2cccc(N3CCC4(CC3)CC4c3nc4[nH]c(C(=O)O)cc4n3C[C@@H]3CCO3)n2)c(F)c1. The Hall–Kier alpha value is -4.43. The first-order valence-electron chi connectivity index (χ1n) is 13.9. The number of fused-ring (bicyclic) bond motifs is 1. The van der Waals surface area contributed by atoms with Crippen LogP contribution >= 0.6 is 0 Å². The molecule has 1 saturated carbocycles. The van der Waals surface area contributed by atoms with Crippen molar-refractivity contribution in [2.24, 2.45) is 5.41 Å². The first-order valence-corrected chi connectivity index (χ1v) is 13.9. The maximum absolute atomic E-state index is 14.2. The van der Waals surface area contributed by atoms with E-state index in [1.807, 2.05) is 18.2 Å². The first-order chi connectivity index (χ1) is 19.9. The standard InChI is InChI=1S/C30H29FN6O4/c31-22-12-18(15-32)4-5-19(22)17-41-26-3-1-2-25(34-26)36-9-7-30(8-10-36)14-21(30)28-35-27-24(13-23(33-27)29(38)39)37(28)16-20-6-11-40-20/h1-5,12-13,20-21,33H,6-11,14,16-17H2,(H,38,39)/t20-,21?/m0/s1. The highest BCUT2D eigenvalue weighted by Crippen LogP contribution is 2.65. The summed E-state index contributed by atoms with van der Waals surface area (Å²) in [6.45, 7) is 3.18. The number of pyridine rings is 1.